The van der Waals surface area contributed by atoms with Crippen molar-refractivity contribution in [3.63, 3.8) is 0 Å². The van der Waals surface area contributed by atoms with Gasteiger partial charge in [-0.2, -0.15) is 5.06 Å². The first kappa shape index (κ1) is 18.6. The Balaban J connectivity index is 1.23. The first-order valence-electron chi connectivity index (χ1n) is 10.3. The van der Waals surface area contributed by atoms with E-state index in [1.54, 1.807) is 12.1 Å². The van der Waals surface area contributed by atoms with Crippen molar-refractivity contribution >= 4 is 10.9 Å². The van der Waals surface area contributed by atoms with E-state index in [2.05, 4.69) is 16.8 Å². The van der Waals surface area contributed by atoms with Crippen LogP contribution in [-0.4, -0.2) is 29.3 Å². The Hall–Kier alpha value is -2.41. The van der Waals surface area contributed by atoms with Crippen LogP contribution in [0.3, 0.4) is 0 Å². The Bertz CT molecular complexity index is 1020. The summed E-state index contributed by atoms with van der Waals surface area (Å²) in [6.07, 6.45) is 3.94. The zero-order valence-electron chi connectivity index (χ0n) is 16.4. The summed E-state index contributed by atoms with van der Waals surface area (Å²) in [7, 11) is 0. The second-order valence-corrected chi connectivity index (χ2v) is 7.89. The molecule has 5 nitrogen and oxygen atoms in total. The molecule has 6 heteroatoms. The molecule has 0 amide bonds. The van der Waals surface area contributed by atoms with Gasteiger partial charge in [0.05, 0.1) is 18.7 Å². The maximum absolute atomic E-state index is 14.3. The van der Waals surface area contributed by atoms with Gasteiger partial charge in [-0.05, 0) is 42.0 Å². The molecule has 1 aromatic heterocycles. The van der Waals surface area contributed by atoms with Crippen LogP contribution in [0.4, 0.5) is 4.39 Å². The molecule has 5 rings (SSSR count). The number of hydrogen-bond donors (Lipinski definition) is 1. The van der Waals surface area contributed by atoms with Crippen LogP contribution in [0.2, 0.25) is 0 Å². The van der Waals surface area contributed by atoms with E-state index in [0.717, 1.165) is 54.9 Å². The third-order valence-corrected chi connectivity index (χ3v) is 6.13. The molecule has 0 bridgehead atoms. The average molecular weight is 395 g/mol. The van der Waals surface area contributed by atoms with Gasteiger partial charge in [-0.25, -0.2) is 4.39 Å². The number of halogens is 1. The smallest absolute Gasteiger partial charge is 0.143 e. The number of aromatic nitrogens is 1. The Kier molecular flexibility index (Phi) is 4.99. The zero-order chi connectivity index (χ0) is 19.8. The molecule has 1 fully saturated rings. The van der Waals surface area contributed by atoms with Crippen LogP contribution >= 0.6 is 0 Å². The van der Waals surface area contributed by atoms with Crippen molar-refractivity contribution in [1.82, 2.24) is 9.63 Å². The number of para-hydroxylation sites is 1. The molecule has 2 aromatic carbocycles. The van der Waals surface area contributed by atoms with E-state index in [4.69, 9.17) is 15.3 Å². The van der Waals surface area contributed by atoms with Crippen LogP contribution in [0.5, 0.6) is 5.75 Å². The summed E-state index contributed by atoms with van der Waals surface area (Å²) in [4.78, 5) is 6.12. The van der Waals surface area contributed by atoms with Crippen molar-refractivity contribution in [3.8, 4) is 5.75 Å². The SMILES string of the molecule is NCc1ccc(F)c(C2CCN(OCc3cn4c5c(cccc35)OCC4)CC2)c1. The average Bonchev–Trinajstić information content (AvgIpc) is 3.13. The van der Waals surface area contributed by atoms with Gasteiger partial charge in [-0.1, -0.05) is 24.3 Å². The van der Waals surface area contributed by atoms with E-state index >= 15 is 0 Å². The molecule has 0 atom stereocenters. The fourth-order valence-electron chi connectivity index (χ4n) is 4.55. The predicted octanol–water partition coefficient (Wildman–Crippen LogP) is 3.94. The lowest BCUT2D eigenvalue weighted by atomic mass is 9.89. The van der Waals surface area contributed by atoms with E-state index in [9.17, 15) is 4.39 Å². The van der Waals surface area contributed by atoms with Crippen LogP contribution in [0.25, 0.3) is 10.9 Å². The molecule has 3 aromatic rings. The Morgan fingerprint density at radius 1 is 1.14 bits per heavy atom. The van der Waals surface area contributed by atoms with Gasteiger partial charge in [0.25, 0.3) is 0 Å². The molecule has 1 saturated heterocycles. The second kappa shape index (κ2) is 7.78. The predicted molar refractivity (Wildman–Crippen MR) is 110 cm³/mol. The minimum absolute atomic E-state index is 0.127. The van der Waals surface area contributed by atoms with Crippen LogP contribution < -0.4 is 10.5 Å². The van der Waals surface area contributed by atoms with Crippen molar-refractivity contribution in [3.05, 3.63) is 65.1 Å². The molecule has 152 valence electrons. The number of benzene rings is 2. The van der Waals surface area contributed by atoms with Crippen LogP contribution in [-0.2, 0) is 24.5 Å². The number of hydrogen-bond acceptors (Lipinski definition) is 4. The van der Waals surface area contributed by atoms with Gasteiger partial charge < -0.3 is 15.0 Å². The fourth-order valence-corrected chi connectivity index (χ4v) is 4.55. The molecule has 29 heavy (non-hydrogen) atoms. The number of rotatable bonds is 5. The van der Waals surface area contributed by atoms with Gasteiger partial charge in [-0.15, -0.1) is 0 Å². The van der Waals surface area contributed by atoms with E-state index < -0.39 is 0 Å². The van der Waals surface area contributed by atoms with Crippen molar-refractivity contribution in [2.45, 2.75) is 38.5 Å². The molecule has 0 saturated carbocycles. The second-order valence-electron chi connectivity index (χ2n) is 7.89. The summed E-state index contributed by atoms with van der Waals surface area (Å²) in [6.45, 7) is 4.14. The van der Waals surface area contributed by atoms with Crippen LogP contribution in [0.1, 0.15) is 35.4 Å². The highest BCUT2D eigenvalue weighted by Crippen LogP contribution is 2.34. The highest BCUT2D eigenvalue weighted by Gasteiger charge is 2.24. The quantitative estimate of drug-likeness (QED) is 0.711. The maximum atomic E-state index is 14.3. The summed E-state index contributed by atoms with van der Waals surface area (Å²) in [5.74, 6) is 1.04. The summed E-state index contributed by atoms with van der Waals surface area (Å²) in [6, 6.07) is 11.4. The zero-order valence-corrected chi connectivity index (χ0v) is 16.4. The number of nitrogens with zero attached hydrogens (tertiary/aromatic N) is 2. The summed E-state index contributed by atoms with van der Waals surface area (Å²) in [5.41, 5.74) is 9.83. The normalized spacial score (nSPS) is 17.6. The molecule has 2 aliphatic heterocycles. The first-order valence-corrected chi connectivity index (χ1v) is 10.3. The van der Waals surface area contributed by atoms with Crippen molar-refractivity contribution < 1.29 is 14.0 Å². The molecule has 2 N–H and O–H groups in total. The van der Waals surface area contributed by atoms with Gasteiger partial charge in [-0.3, -0.25) is 4.84 Å². The third kappa shape index (κ3) is 3.52. The van der Waals surface area contributed by atoms with Crippen molar-refractivity contribution in [2.75, 3.05) is 19.7 Å². The van der Waals surface area contributed by atoms with Gasteiger partial charge in [0.2, 0.25) is 0 Å². The number of piperidine rings is 1. The van der Waals surface area contributed by atoms with Gasteiger partial charge >= 0.3 is 0 Å². The number of hydroxylamine groups is 2. The lowest BCUT2D eigenvalue weighted by Crippen LogP contribution is -2.33. The minimum atomic E-state index is -0.127. The lowest BCUT2D eigenvalue weighted by molar-refractivity contribution is -0.180. The largest absolute Gasteiger partial charge is 0.490 e. The number of nitrogens with two attached hydrogens (primary N) is 1. The van der Waals surface area contributed by atoms with Crippen molar-refractivity contribution in [1.29, 1.82) is 0 Å². The summed E-state index contributed by atoms with van der Waals surface area (Å²) >= 11 is 0. The molecule has 0 spiro atoms. The van der Waals surface area contributed by atoms with E-state index in [1.165, 1.54) is 10.9 Å². The molecule has 0 radical (unpaired) electrons. The van der Waals surface area contributed by atoms with Crippen molar-refractivity contribution in [2.24, 2.45) is 5.73 Å². The van der Waals surface area contributed by atoms with E-state index in [0.29, 0.717) is 19.8 Å². The molecule has 0 unspecified atom stereocenters. The van der Waals surface area contributed by atoms with Gasteiger partial charge in [0.1, 0.15) is 18.2 Å². The minimum Gasteiger partial charge on any atom is -0.490 e. The van der Waals surface area contributed by atoms with E-state index in [-0.39, 0.29) is 11.7 Å². The molecular weight excluding hydrogens is 369 g/mol. The summed E-state index contributed by atoms with van der Waals surface area (Å²) in [5, 5.41) is 3.21. The molecular formula is C23H26FN3O2. The monoisotopic (exact) mass is 395 g/mol. The molecule has 3 heterocycles. The Labute approximate surface area is 169 Å². The van der Waals surface area contributed by atoms with Gasteiger partial charge in [0.15, 0.2) is 0 Å². The first-order chi connectivity index (χ1) is 14.2. The topological polar surface area (TPSA) is 52.6 Å². The highest BCUT2D eigenvalue weighted by atomic mass is 19.1. The maximum Gasteiger partial charge on any atom is 0.143 e. The Morgan fingerprint density at radius 3 is 2.83 bits per heavy atom. The van der Waals surface area contributed by atoms with Crippen LogP contribution in [0, 0.1) is 5.82 Å². The van der Waals surface area contributed by atoms with Crippen LogP contribution in [0.15, 0.2) is 42.6 Å². The molecule has 2 aliphatic rings. The fraction of sp³-hybridized carbons (Fsp3) is 0.391. The standard InChI is InChI=1S/C23H26FN3O2/c24-21-5-4-16(13-25)12-20(21)17-6-8-27(9-7-17)29-15-18-14-26-10-11-28-22-3-1-2-19(18)23(22)26/h1-5,12,14,17H,6-11,13,15,25H2. The summed E-state index contributed by atoms with van der Waals surface area (Å²) < 4.78 is 22.3. The molecule has 0 aliphatic carbocycles. The third-order valence-electron chi connectivity index (χ3n) is 6.13. The lowest BCUT2D eigenvalue weighted by Gasteiger charge is -2.31. The van der Waals surface area contributed by atoms with E-state index in [1.807, 2.05) is 23.3 Å². The highest BCUT2D eigenvalue weighted by molar-refractivity contribution is 5.89. The number of ether oxygens (including phenoxy) is 1. The Morgan fingerprint density at radius 2 is 2.00 bits per heavy atom. The van der Waals surface area contributed by atoms with Gasteiger partial charge in [0, 0.05) is 36.8 Å².